The number of aliphatic carboxylic acids is 1. The molecule has 0 spiro atoms. The summed E-state index contributed by atoms with van der Waals surface area (Å²) >= 11 is 0. The summed E-state index contributed by atoms with van der Waals surface area (Å²) in [6, 6.07) is 8.12. The molecule has 0 saturated heterocycles. The van der Waals surface area contributed by atoms with Crippen LogP contribution in [-0.2, 0) is 4.79 Å². The van der Waals surface area contributed by atoms with Crippen LogP contribution >= 0.6 is 0 Å². The fourth-order valence-electron chi connectivity index (χ4n) is 1.72. The van der Waals surface area contributed by atoms with Crippen LogP contribution in [0.3, 0.4) is 0 Å². The zero-order valence-corrected chi connectivity index (χ0v) is 11.7. The molecule has 0 saturated carbocycles. The van der Waals surface area contributed by atoms with Gasteiger partial charge in [0.05, 0.1) is 29.5 Å². The van der Waals surface area contributed by atoms with Crippen LogP contribution in [0.15, 0.2) is 47.1 Å². The van der Waals surface area contributed by atoms with Gasteiger partial charge in [0.25, 0.3) is 11.8 Å². The highest BCUT2D eigenvalue weighted by Gasteiger charge is 2.16. The molecule has 0 aliphatic heterocycles. The Morgan fingerprint density at radius 1 is 1.09 bits per heavy atom. The third-order valence-corrected chi connectivity index (χ3v) is 2.87. The van der Waals surface area contributed by atoms with E-state index in [1.165, 1.54) is 31.4 Å². The number of hydrogen-bond donors (Lipinski definition) is 2. The molecule has 7 nitrogen and oxygen atoms in total. The van der Waals surface area contributed by atoms with Gasteiger partial charge in [0.1, 0.15) is 0 Å². The molecule has 22 heavy (non-hydrogen) atoms. The Kier molecular flexibility index (Phi) is 4.57. The lowest BCUT2D eigenvalue weighted by Gasteiger charge is -2.16. The molecule has 0 aliphatic carbocycles. The maximum absolute atomic E-state index is 12.1. The Balaban J connectivity index is 2.18. The van der Waals surface area contributed by atoms with Crippen LogP contribution in [0.5, 0.6) is 0 Å². The zero-order chi connectivity index (χ0) is 16.1. The number of rotatable bonds is 5. The standard InChI is InChI=1S/C15H14N2O5/c1-9(15(20)21)16-13(18)10-5-2-3-6-11(10)17-14(19)12-7-4-8-22-12/h2-9H,1H3,(H,16,18)(H,17,19)(H,20,21)/p-1/t9-/m1/s1. The zero-order valence-electron chi connectivity index (χ0n) is 11.7. The minimum absolute atomic E-state index is 0.0957. The molecule has 0 fully saturated rings. The molecule has 2 amide bonds. The highest BCUT2D eigenvalue weighted by Crippen LogP contribution is 2.16. The minimum atomic E-state index is -1.40. The summed E-state index contributed by atoms with van der Waals surface area (Å²) in [7, 11) is 0. The van der Waals surface area contributed by atoms with E-state index in [0.29, 0.717) is 0 Å². The maximum Gasteiger partial charge on any atom is 0.291 e. The Labute approximate surface area is 125 Å². The van der Waals surface area contributed by atoms with E-state index >= 15 is 0 Å². The van der Waals surface area contributed by atoms with Crippen molar-refractivity contribution < 1.29 is 23.9 Å². The number of carbonyl (C=O) groups excluding carboxylic acids is 3. The first kappa shape index (κ1) is 15.3. The van der Waals surface area contributed by atoms with Crippen LogP contribution in [0.1, 0.15) is 27.8 Å². The number of benzene rings is 1. The number of carboxylic acids is 1. The van der Waals surface area contributed by atoms with Crippen LogP contribution in [0.25, 0.3) is 0 Å². The molecule has 0 unspecified atom stereocenters. The third-order valence-electron chi connectivity index (χ3n) is 2.87. The van der Waals surface area contributed by atoms with Crippen LogP contribution < -0.4 is 15.7 Å². The largest absolute Gasteiger partial charge is 0.548 e. The number of amides is 2. The summed E-state index contributed by atoms with van der Waals surface area (Å²) < 4.78 is 4.97. The van der Waals surface area contributed by atoms with E-state index in [1.807, 2.05) is 0 Å². The Hall–Kier alpha value is -3.09. The number of anilines is 1. The summed E-state index contributed by atoms with van der Waals surface area (Å²) in [5.41, 5.74) is 0.377. The number of carbonyl (C=O) groups is 3. The monoisotopic (exact) mass is 301 g/mol. The summed E-state index contributed by atoms with van der Waals surface area (Å²) in [6.45, 7) is 1.29. The van der Waals surface area contributed by atoms with Crippen molar-refractivity contribution in [2.75, 3.05) is 5.32 Å². The van der Waals surface area contributed by atoms with Gasteiger partial charge in [-0.25, -0.2) is 0 Å². The first-order chi connectivity index (χ1) is 10.5. The minimum Gasteiger partial charge on any atom is -0.548 e. The first-order valence-corrected chi connectivity index (χ1v) is 6.44. The number of furan rings is 1. The highest BCUT2D eigenvalue weighted by molar-refractivity contribution is 6.08. The molecule has 7 heteroatoms. The van der Waals surface area contributed by atoms with E-state index in [1.54, 1.807) is 18.2 Å². The fraction of sp³-hybridized carbons (Fsp3) is 0.133. The number of carboxylic acid groups (broad SMARTS) is 1. The van der Waals surface area contributed by atoms with Crippen molar-refractivity contribution in [1.82, 2.24) is 5.32 Å². The van der Waals surface area contributed by atoms with Crippen molar-refractivity contribution in [2.45, 2.75) is 13.0 Å². The second kappa shape index (κ2) is 6.57. The average molecular weight is 301 g/mol. The van der Waals surface area contributed by atoms with Gasteiger partial charge < -0.3 is 25.0 Å². The molecule has 2 rings (SSSR count). The van der Waals surface area contributed by atoms with Crippen molar-refractivity contribution in [3.05, 3.63) is 54.0 Å². The van der Waals surface area contributed by atoms with Crippen molar-refractivity contribution in [3.8, 4) is 0 Å². The topological polar surface area (TPSA) is 111 Å². The molecular formula is C15H13N2O5-. The second-order valence-corrected chi connectivity index (χ2v) is 4.49. The van der Waals surface area contributed by atoms with Crippen LogP contribution in [0.4, 0.5) is 5.69 Å². The molecule has 114 valence electrons. The molecule has 0 bridgehead atoms. The molecular weight excluding hydrogens is 288 g/mol. The highest BCUT2D eigenvalue weighted by atomic mass is 16.4. The quantitative estimate of drug-likeness (QED) is 0.830. The Morgan fingerprint density at radius 3 is 2.45 bits per heavy atom. The summed E-state index contributed by atoms with van der Waals surface area (Å²) in [5.74, 6) is -2.45. The number of para-hydroxylation sites is 1. The number of nitrogens with one attached hydrogen (secondary N) is 2. The van der Waals surface area contributed by atoms with Gasteiger partial charge in [-0.2, -0.15) is 0 Å². The molecule has 1 aromatic heterocycles. The van der Waals surface area contributed by atoms with E-state index in [0.717, 1.165) is 0 Å². The second-order valence-electron chi connectivity index (χ2n) is 4.49. The normalized spacial score (nSPS) is 11.5. The summed E-state index contributed by atoms with van der Waals surface area (Å²) in [4.78, 5) is 34.7. The third kappa shape index (κ3) is 3.51. The predicted octanol–water partition coefficient (Wildman–Crippen LogP) is 0.400. The lowest BCUT2D eigenvalue weighted by molar-refractivity contribution is -0.307. The van der Waals surface area contributed by atoms with Gasteiger partial charge in [0.2, 0.25) is 0 Å². The maximum atomic E-state index is 12.1. The van der Waals surface area contributed by atoms with Crippen molar-refractivity contribution in [1.29, 1.82) is 0 Å². The molecule has 2 N–H and O–H groups in total. The van der Waals surface area contributed by atoms with E-state index in [9.17, 15) is 19.5 Å². The predicted molar refractivity (Wildman–Crippen MR) is 75.0 cm³/mol. The van der Waals surface area contributed by atoms with Crippen LogP contribution in [0.2, 0.25) is 0 Å². The van der Waals surface area contributed by atoms with Crippen LogP contribution in [-0.4, -0.2) is 23.8 Å². The molecule has 2 aromatic rings. The van der Waals surface area contributed by atoms with E-state index < -0.39 is 23.8 Å². The lowest BCUT2D eigenvalue weighted by atomic mass is 10.1. The smallest absolute Gasteiger partial charge is 0.291 e. The van der Waals surface area contributed by atoms with Gasteiger partial charge in [0, 0.05) is 0 Å². The average Bonchev–Trinajstić information content (AvgIpc) is 3.01. The van der Waals surface area contributed by atoms with Gasteiger partial charge in [-0.05, 0) is 31.2 Å². The van der Waals surface area contributed by atoms with E-state index in [-0.39, 0.29) is 17.0 Å². The SMILES string of the molecule is C[C@@H](NC(=O)c1ccccc1NC(=O)c1ccco1)C(=O)[O-]. The molecule has 1 atom stereocenters. The van der Waals surface area contributed by atoms with Crippen molar-refractivity contribution in [3.63, 3.8) is 0 Å². The molecule has 0 radical (unpaired) electrons. The van der Waals surface area contributed by atoms with Crippen molar-refractivity contribution >= 4 is 23.5 Å². The van der Waals surface area contributed by atoms with E-state index in [4.69, 9.17) is 4.42 Å². The van der Waals surface area contributed by atoms with Crippen LogP contribution in [0, 0.1) is 0 Å². The van der Waals surface area contributed by atoms with Crippen molar-refractivity contribution in [2.24, 2.45) is 0 Å². The van der Waals surface area contributed by atoms with Gasteiger partial charge in [-0.3, -0.25) is 9.59 Å². The van der Waals surface area contributed by atoms with E-state index in [2.05, 4.69) is 10.6 Å². The molecule has 1 heterocycles. The summed E-state index contributed by atoms with van der Waals surface area (Å²) in [6.07, 6.45) is 1.36. The Morgan fingerprint density at radius 2 is 1.82 bits per heavy atom. The van der Waals surface area contributed by atoms with Gasteiger partial charge in [-0.15, -0.1) is 0 Å². The molecule has 1 aromatic carbocycles. The molecule has 0 aliphatic rings. The number of hydrogen-bond acceptors (Lipinski definition) is 5. The lowest BCUT2D eigenvalue weighted by Crippen LogP contribution is -2.46. The Bertz CT molecular complexity index is 694. The fourth-order valence-corrected chi connectivity index (χ4v) is 1.72. The van der Waals surface area contributed by atoms with Gasteiger partial charge >= 0.3 is 0 Å². The summed E-state index contributed by atoms with van der Waals surface area (Å²) in [5, 5.41) is 15.5. The van der Waals surface area contributed by atoms with Gasteiger partial charge in [-0.1, -0.05) is 12.1 Å². The first-order valence-electron chi connectivity index (χ1n) is 6.44. The van der Waals surface area contributed by atoms with Gasteiger partial charge in [0.15, 0.2) is 5.76 Å².